The maximum atomic E-state index is 11.9. The molecule has 3 atom stereocenters. The Morgan fingerprint density at radius 2 is 2.00 bits per heavy atom. The number of ether oxygens (including phenoxy) is 1. The Kier molecular flexibility index (Phi) is 4.00. The van der Waals surface area contributed by atoms with E-state index in [4.69, 9.17) is 4.74 Å². The van der Waals surface area contributed by atoms with Gasteiger partial charge in [-0.25, -0.2) is 4.79 Å². The maximum Gasteiger partial charge on any atom is 0.333 e. The number of carbonyl (C=O) groups excluding carboxylic acids is 1. The average molecular weight is 282 g/mol. The lowest BCUT2D eigenvalue weighted by Crippen LogP contribution is -2.57. The van der Waals surface area contributed by atoms with Gasteiger partial charge in [-0.05, 0) is 50.9 Å². The van der Waals surface area contributed by atoms with Crippen LogP contribution in [0.2, 0.25) is 0 Å². The summed E-state index contributed by atoms with van der Waals surface area (Å²) in [5.41, 5.74) is -1.15. The summed E-state index contributed by atoms with van der Waals surface area (Å²) in [4.78, 5) is 11.9. The summed E-state index contributed by atoms with van der Waals surface area (Å²) in [6.07, 6.45) is 4.93. The van der Waals surface area contributed by atoms with Gasteiger partial charge in [0.05, 0.1) is 5.60 Å². The van der Waals surface area contributed by atoms with Crippen molar-refractivity contribution in [3.63, 3.8) is 0 Å². The molecule has 3 unspecified atom stereocenters. The molecule has 0 amide bonds. The highest BCUT2D eigenvalue weighted by molar-refractivity contribution is 5.87. The first-order chi connectivity index (χ1) is 9.22. The summed E-state index contributed by atoms with van der Waals surface area (Å²) in [6.45, 7) is 7.44. The van der Waals surface area contributed by atoms with Crippen LogP contribution in [0.5, 0.6) is 0 Å². The third-order valence-corrected chi connectivity index (χ3v) is 4.80. The van der Waals surface area contributed by atoms with Crippen LogP contribution in [0.4, 0.5) is 0 Å². The predicted molar refractivity (Wildman–Crippen MR) is 76.1 cm³/mol. The molecule has 0 heterocycles. The second kappa shape index (κ2) is 5.15. The van der Waals surface area contributed by atoms with Gasteiger partial charge >= 0.3 is 5.97 Å². The predicted octanol–water partition coefficient (Wildman–Crippen LogP) is 2.33. The van der Waals surface area contributed by atoms with Crippen molar-refractivity contribution in [2.45, 2.75) is 70.0 Å². The monoisotopic (exact) mass is 282 g/mol. The van der Waals surface area contributed by atoms with Gasteiger partial charge in [0.2, 0.25) is 0 Å². The Bertz CT molecular complexity index is 419. The van der Waals surface area contributed by atoms with Crippen LogP contribution in [0.25, 0.3) is 0 Å². The highest BCUT2D eigenvalue weighted by Crippen LogP contribution is 2.55. The molecule has 2 bridgehead atoms. The van der Waals surface area contributed by atoms with Crippen LogP contribution >= 0.6 is 0 Å². The van der Waals surface area contributed by atoms with Crippen molar-refractivity contribution in [1.82, 2.24) is 0 Å². The molecule has 0 radical (unpaired) electrons. The van der Waals surface area contributed by atoms with E-state index >= 15 is 0 Å². The maximum absolute atomic E-state index is 11.9. The summed E-state index contributed by atoms with van der Waals surface area (Å²) in [6, 6.07) is 0. The van der Waals surface area contributed by atoms with Gasteiger partial charge in [0.25, 0.3) is 0 Å². The molecular weight excluding hydrogens is 256 g/mol. The molecule has 2 rings (SSSR count). The Balaban J connectivity index is 2.25. The summed E-state index contributed by atoms with van der Waals surface area (Å²) in [5.74, 6) is -0.373. The topological polar surface area (TPSA) is 66.8 Å². The Morgan fingerprint density at radius 1 is 1.30 bits per heavy atom. The van der Waals surface area contributed by atoms with Crippen LogP contribution in [-0.4, -0.2) is 34.0 Å². The first kappa shape index (κ1) is 15.5. The van der Waals surface area contributed by atoms with Crippen molar-refractivity contribution in [1.29, 1.82) is 0 Å². The summed E-state index contributed by atoms with van der Waals surface area (Å²) >= 11 is 0. The lowest BCUT2D eigenvalue weighted by Gasteiger charge is -2.55. The number of carbonyl (C=O) groups is 1. The Morgan fingerprint density at radius 3 is 2.60 bits per heavy atom. The number of esters is 1. The van der Waals surface area contributed by atoms with E-state index in [9.17, 15) is 15.0 Å². The highest BCUT2D eigenvalue weighted by atomic mass is 16.6. The van der Waals surface area contributed by atoms with E-state index in [1.165, 1.54) is 0 Å². The second-order valence-electron chi connectivity index (χ2n) is 7.25. The van der Waals surface area contributed by atoms with Gasteiger partial charge in [0, 0.05) is 18.6 Å². The van der Waals surface area contributed by atoms with E-state index in [-0.39, 0.29) is 18.0 Å². The van der Waals surface area contributed by atoms with Gasteiger partial charge < -0.3 is 14.9 Å². The molecule has 2 aliphatic rings. The van der Waals surface area contributed by atoms with Gasteiger partial charge in [-0.1, -0.05) is 13.5 Å². The fourth-order valence-corrected chi connectivity index (χ4v) is 4.31. The van der Waals surface area contributed by atoms with E-state index < -0.39 is 11.2 Å². The number of aliphatic hydroxyl groups is 2. The number of hydrogen-bond acceptors (Lipinski definition) is 4. The van der Waals surface area contributed by atoms with Crippen LogP contribution in [0, 0.1) is 5.41 Å². The fourth-order valence-electron chi connectivity index (χ4n) is 4.31. The van der Waals surface area contributed by atoms with Crippen molar-refractivity contribution < 1.29 is 19.7 Å². The van der Waals surface area contributed by atoms with Crippen LogP contribution in [-0.2, 0) is 9.53 Å². The molecule has 4 nitrogen and oxygen atoms in total. The molecular formula is C16H26O4. The van der Waals surface area contributed by atoms with Gasteiger partial charge in [-0.15, -0.1) is 0 Å². The Hall–Kier alpha value is -0.870. The molecule has 0 aromatic heterocycles. The standard InChI is InChI=1S/C16H26O4/c1-12(2)13(18)20-16-6-4-5-15(19,11-16)9-14(3,10-16)7-8-17/h17,19H,1,4-11H2,2-3H3. The summed E-state index contributed by atoms with van der Waals surface area (Å²) < 4.78 is 5.74. The van der Waals surface area contributed by atoms with Crippen LogP contribution in [0.1, 0.15) is 58.8 Å². The molecule has 0 spiro atoms. The Labute approximate surface area is 120 Å². The molecule has 0 aliphatic heterocycles. The SMILES string of the molecule is C=C(C)C(=O)OC12CCCC(O)(CC(C)(CCO)C1)C2. The minimum atomic E-state index is -0.768. The van der Waals surface area contributed by atoms with Gasteiger partial charge in [-0.3, -0.25) is 0 Å². The van der Waals surface area contributed by atoms with E-state index in [0.29, 0.717) is 31.3 Å². The average Bonchev–Trinajstić information content (AvgIpc) is 2.25. The van der Waals surface area contributed by atoms with Gasteiger partial charge in [-0.2, -0.15) is 0 Å². The van der Waals surface area contributed by atoms with E-state index in [1.807, 2.05) is 0 Å². The third-order valence-electron chi connectivity index (χ3n) is 4.80. The number of fused-ring (bicyclic) bond motifs is 2. The summed E-state index contributed by atoms with van der Waals surface area (Å²) in [5, 5.41) is 20.1. The zero-order chi connectivity index (χ0) is 15.0. The van der Waals surface area contributed by atoms with E-state index in [1.54, 1.807) is 6.92 Å². The van der Waals surface area contributed by atoms with Crippen molar-refractivity contribution in [2.75, 3.05) is 6.61 Å². The second-order valence-corrected chi connectivity index (χ2v) is 7.25. The first-order valence-corrected chi connectivity index (χ1v) is 7.44. The van der Waals surface area contributed by atoms with Crippen molar-refractivity contribution in [3.8, 4) is 0 Å². The minimum Gasteiger partial charge on any atom is -0.456 e. The first-order valence-electron chi connectivity index (χ1n) is 7.44. The van der Waals surface area contributed by atoms with E-state index in [0.717, 1.165) is 19.3 Å². The highest BCUT2D eigenvalue weighted by Gasteiger charge is 2.56. The fraction of sp³-hybridized carbons (Fsp3) is 0.812. The van der Waals surface area contributed by atoms with Crippen LogP contribution in [0.3, 0.4) is 0 Å². The number of aliphatic hydroxyl groups excluding tert-OH is 1. The molecule has 2 aliphatic carbocycles. The van der Waals surface area contributed by atoms with Gasteiger partial charge in [0.1, 0.15) is 5.60 Å². The molecule has 2 fully saturated rings. The molecule has 2 N–H and O–H groups in total. The lowest BCUT2D eigenvalue weighted by atomic mass is 9.56. The van der Waals surface area contributed by atoms with Crippen LogP contribution in [0.15, 0.2) is 12.2 Å². The van der Waals surface area contributed by atoms with Crippen molar-refractivity contribution in [3.05, 3.63) is 12.2 Å². The number of rotatable bonds is 4. The minimum absolute atomic E-state index is 0.0943. The zero-order valence-electron chi connectivity index (χ0n) is 12.6. The largest absolute Gasteiger partial charge is 0.456 e. The molecule has 20 heavy (non-hydrogen) atoms. The molecule has 0 aromatic rings. The normalized spacial score (nSPS) is 40.2. The number of hydrogen-bond donors (Lipinski definition) is 2. The quantitative estimate of drug-likeness (QED) is 0.613. The molecule has 0 saturated heterocycles. The van der Waals surface area contributed by atoms with E-state index in [2.05, 4.69) is 13.5 Å². The van der Waals surface area contributed by atoms with Crippen molar-refractivity contribution >= 4 is 5.97 Å². The molecule has 0 aromatic carbocycles. The lowest BCUT2D eigenvalue weighted by molar-refractivity contribution is -0.201. The van der Waals surface area contributed by atoms with Crippen molar-refractivity contribution in [2.24, 2.45) is 5.41 Å². The van der Waals surface area contributed by atoms with Gasteiger partial charge in [0.15, 0.2) is 0 Å². The smallest absolute Gasteiger partial charge is 0.333 e. The third kappa shape index (κ3) is 3.07. The van der Waals surface area contributed by atoms with Crippen LogP contribution < -0.4 is 0 Å². The molecule has 4 heteroatoms. The molecule has 2 saturated carbocycles. The summed E-state index contributed by atoms with van der Waals surface area (Å²) in [7, 11) is 0. The zero-order valence-corrected chi connectivity index (χ0v) is 12.6. The molecule has 114 valence electrons.